The van der Waals surface area contributed by atoms with E-state index in [1.165, 1.54) is 19.3 Å². The van der Waals surface area contributed by atoms with Gasteiger partial charge in [-0.3, -0.25) is 4.90 Å². The van der Waals surface area contributed by atoms with E-state index >= 15 is 0 Å². The Balaban J connectivity index is 1.45. The van der Waals surface area contributed by atoms with E-state index in [0.29, 0.717) is 12.0 Å². The van der Waals surface area contributed by atoms with E-state index in [9.17, 15) is 0 Å². The third-order valence-corrected chi connectivity index (χ3v) is 6.14. The quantitative estimate of drug-likeness (QED) is 0.736. The molecule has 2 aromatic rings. The third kappa shape index (κ3) is 3.98. The second kappa shape index (κ2) is 7.71. The lowest BCUT2D eigenvalue weighted by atomic mass is 10.0. The highest BCUT2D eigenvalue weighted by atomic mass is 35.5. The van der Waals surface area contributed by atoms with Gasteiger partial charge in [-0.15, -0.1) is 0 Å². The van der Waals surface area contributed by atoms with Gasteiger partial charge < -0.3 is 4.90 Å². The number of halogens is 2. The molecule has 1 saturated carbocycles. The molecule has 6 heteroatoms. The van der Waals surface area contributed by atoms with Gasteiger partial charge in [0, 0.05) is 53.9 Å². The SMILES string of the molecule is CN(c1ccnc(C2CC2)n1)C1CCCN(Cc2c(Cl)cccc2Cl)C1. The zero-order valence-electron chi connectivity index (χ0n) is 15.0. The van der Waals surface area contributed by atoms with Gasteiger partial charge in [-0.1, -0.05) is 29.3 Å². The van der Waals surface area contributed by atoms with E-state index in [4.69, 9.17) is 28.2 Å². The van der Waals surface area contributed by atoms with Crippen molar-refractivity contribution in [3.8, 4) is 0 Å². The molecule has 0 bridgehead atoms. The fraction of sp³-hybridized carbons (Fsp3) is 0.500. The summed E-state index contributed by atoms with van der Waals surface area (Å²) in [6, 6.07) is 8.18. The van der Waals surface area contributed by atoms with Crippen molar-refractivity contribution >= 4 is 29.0 Å². The highest BCUT2D eigenvalue weighted by Crippen LogP contribution is 2.38. The first-order valence-corrected chi connectivity index (χ1v) is 10.1. The Morgan fingerprint density at radius 2 is 1.92 bits per heavy atom. The van der Waals surface area contributed by atoms with Crippen LogP contribution in [-0.4, -0.2) is 41.0 Å². The topological polar surface area (TPSA) is 32.3 Å². The van der Waals surface area contributed by atoms with Crippen molar-refractivity contribution in [3.63, 3.8) is 0 Å². The van der Waals surface area contributed by atoms with Crippen LogP contribution in [0.1, 0.15) is 43.0 Å². The van der Waals surface area contributed by atoms with Gasteiger partial charge >= 0.3 is 0 Å². The molecule has 2 aliphatic rings. The number of anilines is 1. The van der Waals surface area contributed by atoms with Crippen molar-refractivity contribution in [1.82, 2.24) is 14.9 Å². The largest absolute Gasteiger partial charge is 0.355 e. The van der Waals surface area contributed by atoms with Crippen LogP contribution in [0.4, 0.5) is 5.82 Å². The maximum atomic E-state index is 6.36. The molecule has 2 heterocycles. The molecule has 1 unspecified atom stereocenters. The first-order valence-electron chi connectivity index (χ1n) is 9.33. The molecule has 1 saturated heterocycles. The normalized spacial score (nSPS) is 21.0. The fourth-order valence-corrected chi connectivity index (χ4v) is 4.20. The molecule has 0 N–H and O–H groups in total. The smallest absolute Gasteiger partial charge is 0.133 e. The average molecular weight is 391 g/mol. The summed E-state index contributed by atoms with van der Waals surface area (Å²) >= 11 is 12.7. The van der Waals surface area contributed by atoms with E-state index in [0.717, 1.165) is 53.3 Å². The number of benzene rings is 1. The van der Waals surface area contributed by atoms with Crippen LogP contribution >= 0.6 is 23.2 Å². The highest BCUT2D eigenvalue weighted by molar-refractivity contribution is 6.35. The zero-order chi connectivity index (χ0) is 18.1. The number of aromatic nitrogens is 2. The maximum absolute atomic E-state index is 6.36. The van der Waals surface area contributed by atoms with Crippen LogP contribution in [-0.2, 0) is 6.54 Å². The van der Waals surface area contributed by atoms with E-state index in [2.05, 4.69) is 21.8 Å². The first kappa shape index (κ1) is 18.0. The molecule has 1 aromatic carbocycles. The molecule has 0 amide bonds. The lowest BCUT2D eigenvalue weighted by Crippen LogP contribution is -2.46. The second-order valence-corrected chi connectivity index (χ2v) is 8.20. The summed E-state index contributed by atoms with van der Waals surface area (Å²) in [5, 5.41) is 1.50. The Bertz CT molecular complexity index is 758. The monoisotopic (exact) mass is 390 g/mol. The van der Waals surface area contributed by atoms with Crippen molar-refractivity contribution in [3.05, 3.63) is 51.9 Å². The third-order valence-electron chi connectivity index (χ3n) is 5.44. The van der Waals surface area contributed by atoms with Gasteiger partial charge in [-0.25, -0.2) is 9.97 Å². The van der Waals surface area contributed by atoms with Gasteiger partial charge in [0.05, 0.1) is 0 Å². The van der Waals surface area contributed by atoms with Crippen molar-refractivity contribution in [2.45, 2.75) is 44.2 Å². The first-order chi connectivity index (χ1) is 12.6. The molecular formula is C20H24Cl2N4. The predicted molar refractivity (Wildman–Crippen MR) is 107 cm³/mol. The molecule has 0 radical (unpaired) electrons. The fourth-order valence-electron chi connectivity index (χ4n) is 3.68. The number of hydrogen-bond donors (Lipinski definition) is 0. The van der Waals surface area contributed by atoms with Crippen molar-refractivity contribution < 1.29 is 0 Å². The van der Waals surface area contributed by atoms with E-state index in [1.807, 2.05) is 30.5 Å². The molecule has 1 aromatic heterocycles. The highest BCUT2D eigenvalue weighted by Gasteiger charge is 2.28. The molecule has 26 heavy (non-hydrogen) atoms. The standard InChI is InChI=1S/C20H24Cl2N4/c1-25(19-9-10-23-20(24-19)14-7-8-14)15-4-3-11-26(12-15)13-16-17(21)5-2-6-18(16)22/h2,5-6,9-10,14-15H,3-4,7-8,11-13H2,1H3. The average Bonchev–Trinajstić information content (AvgIpc) is 3.50. The summed E-state index contributed by atoms with van der Waals surface area (Å²) in [7, 11) is 2.15. The summed E-state index contributed by atoms with van der Waals surface area (Å²) in [5.41, 5.74) is 1.03. The van der Waals surface area contributed by atoms with Crippen LogP contribution in [0, 0.1) is 0 Å². The lowest BCUT2D eigenvalue weighted by molar-refractivity contribution is 0.198. The molecule has 0 spiro atoms. The number of rotatable bonds is 5. The van der Waals surface area contributed by atoms with E-state index in [-0.39, 0.29) is 0 Å². The summed E-state index contributed by atoms with van der Waals surface area (Å²) in [4.78, 5) is 14.0. The molecule has 2 fully saturated rings. The van der Waals surface area contributed by atoms with Gasteiger partial charge in [0.2, 0.25) is 0 Å². The van der Waals surface area contributed by atoms with Crippen LogP contribution in [0.5, 0.6) is 0 Å². The number of likely N-dealkylation sites (N-methyl/N-ethyl adjacent to an activating group) is 1. The van der Waals surface area contributed by atoms with Gasteiger partial charge in [-0.2, -0.15) is 0 Å². The van der Waals surface area contributed by atoms with Crippen LogP contribution < -0.4 is 4.90 Å². The van der Waals surface area contributed by atoms with Crippen molar-refractivity contribution in [2.24, 2.45) is 0 Å². The number of piperidine rings is 1. The molecule has 4 rings (SSSR count). The van der Waals surface area contributed by atoms with Crippen LogP contribution in [0.2, 0.25) is 10.0 Å². The zero-order valence-corrected chi connectivity index (χ0v) is 16.5. The summed E-state index contributed by atoms with van der Waals surface area (Å²) in [6.07, 6.45) is 6.69. The molecule has 138 valence electrons. The molecular weight excluding hydrogens is 367 g/mol. The molecule has 1 atom stereocenters. The van der Waals surface area contributed by atoms with Crippen molar-refractivity contribution in [1.29, 1.82) is 0 Å². The van der Waals surface area contributed by atoms with Crippen LogP contribution in [0.3, 0.4) is 0 Å². The maximum Gasteiger partial charge on any atom is 0.133 e. The number of likely N-dealkylation sites (tertiary alicyclic amines) is 1. The number of nitrogens with zero attached hydrogens (tertiary/aromatic N) is 4. The Hall–Kier alpha value is -1.36. The minimum absolute atomic E-state index is 0.437. The van der Waals surface area contributed by atoms with E-state index < -0.39 is 0 Å². The minimum atomic E-state index is 0.437. The Kier molecular flexibility index (Phi) is 5.35. The van der Waals surface area contributed by atoms with Crippen LogP contribution in [0.15, 0.2) is 30.5 Å². The molecule has 1 aliphatic heterocycles. The van der Waals surface area contributed by atoms with Crippen LogP contribution in [0.25, 0.3) is 0 Å². The van der Waals surface area contributed by atoms with Crippen molar-refractivity contribution in [2.75, 3.05) is 25.0 Å². The Morgan fingerprint density at radius 1 is 1.15 bits per heavy atom. The Morgan fingerprint density at radius 3 is 2.65 bits per heavy atom. The summed E-state index contributed by atoms with van der Waals surface area (Å²) in [5.74, 6) is 2.61. The predicted octanol–water partition coefficient (Wildman–Crippen LogP) is 4.76. The van der Waals surface area contributed by atoms with E-state index in [1.54, 1.807) is 0 Å². The molecule has 1 aliphatic carbocycles. The van der Waals surface area contributed by atoms with Gasteiger partial charge in [0.25, 0.3) is 0 Å². The van der Waals surface area contributed by atoms with Gasteiger partial charge in [0.15, 0.2) is 0 Å². The van der Waals surface area contributed by atoms with Gasteiger partial charge in [0.1, 0.15) is 11.6 Å². The number of hydrogen-bond acceptors (Lipinski definition) is 4. The Labute approximate surface area is 165 Å². The summed E-state index contributed by atoms with van der Waals surface area (Å²) in [6.45, 7) is 2.85. The lowest BCUT2D eigenvalue weighted by Gasteiger charge is -2.38. The van der Waals surface area contributed by atoms with Gasteiger partial charge in [-0.05, 0) is 50.4 Å². The second-order valence-electron chi connectivity index (χ2n) is 7.39. The molecule has 4 nitrogen and oxygen atoms in total. The minimum Gasteiger partial charge on any atom is -0.355 e. The summed E-state index contributed by atoms with van der Waals surface area (Å²) < 4.78 is 0.